The Hall–Kier alpha value is -1.40. The Morgan fingerprint density at radius 1 is 0.351 bits per heavy atom. The van der Waals surface area contributed by atoms with Gasteiger partial charge in [-0.2, -0.15) is 0 Å². The van der Waals surface area contributed by atoms with Crippen LogP contribution in [0.15, 0.2) is 12.2 Å². The fourth-order valence-electron chi connectivity index (χ4n) is 11.4. The molecular formula is C71H139NO5. The van der Waals surface area contributed by atoms with Gasteiger partial charge < -0.3 is 20.3 Å². The minimum atomic E-state index is -0.657. The number of aliphatic hydroxyl groups excluding tert-OH is 2. The first-order valence-corrected chi connectivity index (χ1v) is 35.4. The van der Waals surface area contributed by atoms with Gasteiger partial charge in [-0.1, -0.05) is 360 Å². The van der Waals surface area contributed by atoms with Gasteiger partial charge in [0.05, 0.1) is 25.4 Å². The zero-order valence-corrected chi connectivity index (χ0v) is 52.5. The lowest BCUT2D eigenvalue weighted by Crippen LogP contribution is -2.45. The molecule has 458 valence electrons. The number of ether oxygens (including phenoxy) is 1. The van der Waals surface area contributed by atoms with Crippen LogP contribution in [0.4, 0.5) is 0 Å². The summed E-state index contributed by atoms with van der Waals surface area (Å²) in [7, 11) is 0. The molecular weight excluding hydrogens is 947 g/mol. The van der Waals surface area contributed by atoms with Crippen LogP contribution >= 0.6 is 0 Å². The molecule has 0 heterocycles. The number of hydrogen-bond donors (Lipinski definition) is 3. The van der Waals surface area contributed by atoms with E-state index in [1.54, 1.807) is 0 Å². The van der Waals surface area contributed by atoms with Crippen molar-refractivity contribution in [1.29, 1.82) is 0 Å². The largest absolute Gasteiger partial charge is 0.466 e. The van der Waals surface area contributed by atoms with E-state index < -0.39 is 12.1 Å². The average Bonchev–Trinajstić information content (AvgIpc) is 3.43. The number of carbonyl (C=O) groups is 2. The van der Waals surface area contributed by atoms with Crippen molar-refractivity contribution in [3.05, 3.63) is 12.2 Å². The average molecular weight is 1090 g/mol. The van der Waals surface area contributed by atoms with Gasteiger partial charge >= 0.3 is 5.97 Å². The smallest absolute Gasteiger partial charge is 0.305 e. The van der Waals surface area contributed by atoms with Crippen molar-refractivity contribution in [2.45, 2.75) is 418 Å². The molecule has 2 atom stereocenters. The molecule has 3 N–H and O–H groups in total. The van der Waals surface area contributed by atoms with Crippen LogP contribution in [0.2, 0.25) is 0 Å². The molecule has 0 aromatic carbocycles. The van der Waals surface area contributed by atoms with Crippen molar-refractivity contribution >= 4 is 11.9 Å². The maximum absolute atomic E-state index is 12.4. The number of carbonyl (C=O) groups excluding carboxylic acids is 2. The van der Waals surface area contributed by atoms with Gasteiger partial charge in [0.1, 0.15) is 0 Å². The molecule has 2 unspecified atom stereocenters. The van der Waals surface area contributed by atoms with Gasteiger partial charge in [0.15, 0.2) is 0 Å². The van der Waals surface area contributed by atoms with Gasteiger partial charge in [-0.25, -0.2) is 0 Å². The van der Waals surface area contributed by atoms with Crippen LogP contribution < -0.4 is 5.32 Å². The maximum Gasteiger partial charge on any atom is 0.305 e. The quantitative estimate of drug-likeness (QED) is 0.0320. The lowest BCUT2D eigenvalue weighted by atomic mass is 10.0. The van der Waals surface area contributed by atoms with Crippen LogP contribution in [0, 0.1) is 0 Å². The number of esters is 1. The third-order valence-electron chi connectivity index (χ3n) is 16.8. The molecule has 0 rings (SSSR count). The molecule has 0 aliphatic heterocycles. The molecule has 0 aliphatic rings. The van der Waals surface area contributed by atoms with E-state index in [9.17, 15) is 19.8 Å². The normalized spacial score (nSPS) is 12.5. The van der Waals surface area contributed by atoms with Crippen LogP contribution in [-0.4, -0.2) is 47.4 Å². The van der Waals surface area contributed by atoms with Crippen LogP contribution in [0.25, 0.3) is 0 Å². The molecule has 0 aliphatic carbocycles. The van der Waals surface area contributed by atoms with Crippen LogP contribution in [-0.2, 0) is 14.3 Å². The molecule has 0 fully saturated rings. The Bertz CT molecular complexity index is 1160. The fraction of sp³-hybridized carbons (Fsp3) is 0.944. The van der Waals surface area contributed by atoms with E-state index in [1.165, 1.54) is 327 Å². The van der Waals surface area contributed by atoms with Gasteiger partial charge in [-0.15, -0.1) is 0 Å². The van der Waals surface area contributed by atoms with Crippen LogP contribution in [0.5, 0.6) is 0 Å². The van der Waals surface area contributed by atoms with Crippen LogP contribution in [0.1, 0.15) is 406 Å². The van der Waals surface area contributed by atoms with E-state index in [2.05, 4.69) is 31.3 Å². The summed E-state index contributed by atoms with van der Waals surface area (Å²) in [4.78, 5) is 24.4. The first-order chi connectivity index (χ1) is 38.0. The summed E-state index contributed by atoms with van der Waals surface area (Å²) in [6.07, 6.45) is 83.0. The molecule has 6 nitrogen and oxygen atoms in total. The highest BCUT2D eigenvalue weighted by Gasteiger charge is 2.20. The minimum absolute atomic E-state index is 0.0134. The van der Waals surface area contributed by atoms with Gasteiger partial charge in [0.25, 0.3) is 0 Å². The van der Waals surface area contributed by atoms with Gasteiger partial charge in [-0.3, -0.25) is 9.59 Å². The van der Waals surface area contributed by atoms with E-state index in [4.69, 9.17) is 4.74 Å². The van der Waals surface area contributed by atoms with Crippen molar-refractivity contribution < 1.29 is 24.5 Å². The van der Waals surface area contributed by atoms with Gasteiger partial charge in [0, 0.05) is 12.8 Å². The van der Waals surface area contributed by atoms with Crippen molar-refractivity contribution in [1.82, 2.24) is 5.32 Å². The van der Waals surface area contributed by atoms with Crippen molar-refractivity contribution in [2.75, 3.05) is 13.2 Å². The van der Waals surface area contributed by atoms with E-state index >= 15 is 0 Å². The Morgan fingerprint density at radius 3 is 0.961 bits per heavy atom. The maximum atomic E-state index is 12.4. The Labute approximate surface area is 482 Å². The molecule has 0 saturated carbocycles. The zero-order valence-electron chi connectivity index (χ0n) is 52.5. The lowest BCUT2D eigenvalue weighted by molar-refractivity contribution is -0.143. The summed E-state index contributed by atoms with van der Waals surface area (Å²) < 4.78 is 5.47. The van der Waals surface area contributed by atoms with Crippen LogP contribution in [0.3, 0.4) is 0 Å². The van der Waals surface area contributed by atoms with Crippen molar-refractivity contribution in [2.24, 2.45) is 0 Å². The SMILES string of the molecule is CCCC/C=C\CCCCCCCC(=O)OCCCCCCCCCCCCCCCCCCCCCCCCCCCCCCCCCCCCCCCCCC(=O)NC(CO)C(O)CCCCCCCCCCCC. The van der Waals surface area contributed by atoms with E-state index in [0.29, 0.717) is 25.9 Å². The Balaban J connectivity index is 3.26. The molecule has 0 aromatic rings. The number of aliphatic hydroxyl groups is 2. The summed E-state index contributed by atoms with van der Waals surface area (Å²) in [5.74, 6) is -0.0149. The number of hydrogen-bond acceptors (Lipinski definition) is 5. The third-order valence-corrected chi connectivity index (χ3v) is 16.8. The van der Waals surface area contributed by atoms with Gasteiger partial charge in [-0.05, 0) is 44.9 Å². The highest BCUT2D eigenvalue weighted by molar-refractivity contribution is 5.76. The predicted octanol–water partition coefficient (Wildman–Crippen LogP) is 22.8. The first-order valence-electron chi connectivity index (χ1n) is 35.4. The number of allylic oxidation sites excluding steroid dienone is 2. The second kappa shape index (κ2) is 67.1. The summed E-state index contributed by atoms with van der Waals surface area (Å²) in [5.41, 5.74) is 0. The summed E-state index contributed by atoms with van der Waals surface area (Å²) in [6.45, 7) is 4.93. The fourth-order valence-corrected chi connectivity index (χ4v) is 11.4. The Morgan fingerprint density at radius 2 is 0.623 bits per heavy atom. The minimum Gasteiger partial charge on any atom is -0.466 e. The molecule has 0 bridgehead atoms. The summed E-state index contributed by atoms with van der Waals surface area (Å²) in [5, 5.41) is 23.2. The predicted molar refractivity (Wildman–Crippen MR) is 338 cm³/mol. The van der Waals surface area contributed by atoms with E-state index in [1.807, 2.05) is 0 Å². The zero-order chi connectivity index (χ0) is 55.7. The Kier molecular flexibility index (Phi) is 65.9. The molecule has 1 amide bonds. The number of amides is 1. The molecule has 0 aromatic heterocycles. The number of rotatable bonds is 67. The topological polar surface area (TPSA) is 95.9 Å². The first kappa shape index (κ1) is 75.6. The number of nitrogens with one attached hydrogen (secondary N) is 1. The molecule has 0 spiro atoms. The third kappa shape index (κ3) is 63.6. The molecule has 0 saturated heterocycles. The monoisotopic (exact) mass is 1090 g/mol. The highest BCUT2D eigenvalue weighted by Crippen LogP contribution is 2.19. The summed E-state index contributed by atoms with van der Waals surface area (Å²) in [6, 6.07) is -0.534. The van der Waals surface area contributed by atoms with E-state index in [0.717, 1.165) is 44.9 Å². The molecule has 77 heavy (non-hydrogen) atoms. The highest BCUT2D eigenvalue weighted by atomic mass is 16.5. The van der Waals surface area contributed by atoms with Gasteiger partial charge in [0.2, 0.25) is 5.91 Å². The second-order valence-electron chi connectivity index (χ2n) is 24.6. The van der Waals surface area contributed by atoms with Crippen molar-refractivity contribution in [3.63, 3.8) is 0 Å². The second-order valence-corrected chi connectivity index (χ2v) is 24.6. The van der Waals surface area contributed by atoms with Crippen molar-refractivity contribution in [3.8, 4) is 0 Å². The molecule has 0 radical (unpaired) electrons. The van der Waals surface area contributed by atoms with E-state index in [-0.39, 0.29) is 18.5 Å². The number of unbranched alkanes of at least 4 members (excludes halogenated alkanes) is 54. The standard InChI is InChI=1S/C71H139NO5/c1-3-5-7-9-11-13-44-49-53-57-61-65-71(76)77-66-62-58-54-50-46-43-41-39-37-35-33-31-29-27-25-23-21-19-17-15-16-18-20-22-24-26-28-30-32-34-36-38-40-42-45-48-52-56-60-64-70(75)72-68(67-73)69(74)63-59-55-51-47-14-12-10-8-6-4-2/h9,11,68-69,73-74H,3-8,10,12-67H2,1-2H3,(H,72,75)/b11-9-. The lowest BCUT2D eigenvalue weighted by Gasteiger charge is -2.22. The molecule has 6 heteroatoms. The summed E-state index contributed by atoms with van der Waals surface area (Å²) >= 11 is 0.